The van der Waals surface area contributed by atoms with Crippen molar-refractivity contribution in [2.24, 2.45) is 0 Å². The molecule has 2 aliphatic rings. The van der Waals surface area contributed by atoms with Gasteiger partial charge < -0.3 is 14.0 Å². The van der Waals surface area contributed by atoms with Gasteiger partial charge in [0.2, 0.25) is 0 Å². The quantitative estimate of drug-likeness (QED) is 0.182. The molecule has 0 atom stereocenters. The zero-order valence-electron chi connectivity index (χ0n) is 28.0. The second-order valence-electron chi connectivity index (χ2n) is 13.8. The molecule has 4 heteroatoms. The molecule has 0 spiro atoms. The molecule has 6 aromatic carbocycles. The van der Waals surface area contributed by atoms with Gasteiger partial charge in [0.05, 0.1) is 11.0 Å². The lowest BCUT2D eigenvalue weighted by atomic mass is 9.34. The SMILES string of the molecule is Cc1ccc2c(c1)Oc1c(C)cc(C)c3c1B2c1cc(-c2ccc(-n4c5cc(C)c(C)cc5c5cc(C)c(C)cc54)cc2)ccc1O3. The van der Waals surface area contributed by atoms with Crippen LogP contribution in [0.15, 0.2) is 91.0 Å². The van der Waals surface area contributed by atoms with E-state index in [0.717, 1.165) is 39.6 Å². The molecule has 0 unspecified atom stereocenters. The van der Waals surface area contributed by atoms with E-state index in [2.05, 4.69) is 144 Å². The van der Waals surface area contributed by atoms with Gasteiger partial charge in [-0.1, -0.05) is 36.4 Å². The molecule has 0 radical (unpaired) electrons. The highest BCUT2D eigenvalue weighted by Crippen LogP contribution is 2.40. The summed E-state index contributed by atoms with van der Waals surface area (Å²) in [7, 11) is 0. The highest BCUT2D eigenvalue weighted by molar-refractivity contribution is 6.98. The van der Waals surface area contributed by atoms with Gasteiger partial charge in [0.25, 0.3) is 6.71 Å². The van der Waals surface area contributed by atoms with E-state index < -0.39 is 0 Å². The minimum atomic E-state index is 0.0434. The van der Waals surface area contributed by atoms with Crippen LogP contribution in [0.1, 0.15) is 38.9 Å². The summed E-state index contributed by atoms with van der Waals surface area (Å²) in [4.78, 5) is 0. The fourth-order valence-electron chi connectivity index (χ4n) is 7.84. The first-order valence-corrected chi connectivity index (χ1v) is 16.5. The number of benzene rings is 6. The van der Waals surface area contributed by atoms with Crippen molar-refractivity contribution in [3.8, 4) is 39.8 Å². The Balaban J connectivity index is 1.18. The van der Waals surface area contributed by atoms with Crippen LogP contribution in [-0.4, -0.2) is 11.3 Å². The molecule has 0 N–H and O–H groups in total. The van der Waals surface area contributed by atoms with E-state index >= 15 is 0 Å². The molecule has 0 aliphatic carbocycles. The molecule has 1 aromatic heterocycles. The van der Waals surface area contributed by atoms with Gasteiger partial charge in [-0.15, -0.1) is 0 Å². The average molecular weight is 610 g/mol. The van der Waals surface area contributed by atoms with Crippen molar-refractivity contribution in [2.75, 3.05) is 0 Å². The Morgan fingerprint density at radius 2 is 1.04 bits per heavy atom. The summed E-state index contributed by atoms with van der Waals surface area (Å²) < 4.78 is 15.6. The van der Waals surface area contributed by atoms with Crippen molar-refractivity contribution in [1.29, 1.82) is 0 Å². The molecule has 0 fully saturated rings. The number of rotatable bonds is 2. The molecule has 228 valence electrons. The summed E-state index contributed by atoms with van der Waals surface area (Å²) in [6.45, 7) is 15.3. The first-order chi connectivity index (χ1) is 22.7. The van der Waals surface area contributed by atoms with Crippen molar-refractivity contribution in [3.05, 3.63) is 130 Å². The van der Waals surface area contributed by atoms with Gasteiger partial charge in [-0.2, -0.15) is 0 Å². The van der Waals surface area contributed by atoms with Gasteiger partial charge in [-0.3, -0.25) is 0 Å². The van der Waals surface area contributed by atoms with Crippen LogP contribution in [0.25, 0.3) is 38.6 Å². The Morgan fingerprint density at radius 3 is 1.68 bits per heavy atom. The van der Waals surface area contributed by atoms with Crippen LogP contribution in [0.2, 0.25) is 0 Å². The molecule has 3 nitrogen and oxygen atoms in total. The lowest BCUT2D eigenvalue weighted by Crippen LogP contribution is -2.57. The van der Waals surface area contributed by atoms with Crippen LogP contribution in [-0.2, 0) is 0 Å². The lowest BCUT2D eigenvalue weighted by Gasteiger charge is -2.35. The third kappa shape index (κ3) is 4.07. The van der Waals surface area contributed by atoms with Crippen LogP contribution in [0.5, 0.6) is 23.0 Å². The van der Waals surface area contributed by atoms with Crippen LogP contribution in [0.3, 0.4) is 0 Å². The fraction of sp³-hybridized carbons (Fsp3) is 0.163. The number of aromatic nitrogens is 1. The molecule has 47 heavy (non-hydrogen) atoms. The molecular weight excluding hydrogens is 573 g/mol. The average Bonchev–Trinajstić information content (AvgIpc) is 3.34. The van der Waals surface area contributed by atoms with E-state index in [9.17, 15) is 0 Å². The molecule has 9 rings (SSSR count). The standard InChI is InChI=1S/C43H36BNO2/c1-23-8-14-35-40(16-23)47-43-29(7)17-28(6)42-41(43)44(35)36-22-31(11-15-39(36)46-42)30-9-12-32(13-10-30)45-37-20-26(4)24(2)18-33(37)34-19-25(3)27(5)21-38(34)45/h8-22H,1-7H3. The zero-order valence-corrected chi connectivity index (χ0v) is 28.0. The topological polar surface area (TPSA) is 23.4 Å². The van der Waals surface area contributed by atoms with Gasteiger partial charge in [-0.05, 0) is 164 Å². The molecule has 3 heterocycles. The Labute approximate surface area is 276 Å². The van der Waals surface area contributed by atoms with E-state index in [0.29, 0.717) is 0 Å². The predicted octanol–water partition coefficient (Wildman–Crippen LogP) is 9.34. The van der Waals surface area contributed by atoms with Crippen LogP contribution < -0.4 is 25.9 Å². The largest absolute Gasteiger partial charge is 0.458 e. The van der Waals surface area contributed by atoms with E-state index in [1.165, 1.54) is 77.4 Å². The van der Waals surface area contributed by atoms with E-state index in [1.54, 1.807) is 0 Å². The van der Waals surface area contributed by atoms with Crippen LogP contribution in [0, 0.1) is 48.5 Å². The minimum Gasteiger partial charge on any atom is -0.458 e. The molecule has 0 amide bonds. The number of fused-ring (bicyclic) bond motifs is 7. The number of ether oxygens (including phenoxy) is 2. The summed E-state index contributed by atoms with van der Waals surface area (Å²) in [6, 6.07) is 33.9. The molecular formula is C43H36BNO2. The Hall–Kier alpha value is -5.22. The number of hydrogen-bond donors (Lipinski definition) is 0. The number of aryl methyl sites for hydroxylation is 7. The third-order valence-corrected chi connectivity index (χ3v) is 10.6. The van der Waals surface area contributed by atoms with Crippen molar-refractivity contribution in [1.82, 2.24) is 4.57 Å². The van der Waals surface area contributed by atoms with E-state index in [1.807, 2.05) is 0 Å². The second-order valence-corrected chi connectivity index (χ2v) is 13.8. The summed E-state index contributed by atoms with van der Waals surface area (Å²) in [5, 5.41) is 2.61. The van der Waals surface area contributed by atoms with Gasteiger partial charge >= 0.3 is 0 Å². The maximum absolute atomic E-state index is 6.64. The Bertz CT molecular complexity index is 2420. The van der Waals surface area contributed by atoms with E-state index in [4.69, 9.17) is 9.47 Å². The maximum atomic E-state index is 6.64. The summed E-state index contributed by atoms with van der Waals surface area (Å²) in [5.74, 6) is 3.70. The highest BCUT2D eigenvalue weighted by atomic mass is 16.5. The fourth-order valence-corrected chi connectivity index (χ4v) is 7.84. The first-order valence-electron chi connectivity index (χ1n) is 16.5. The molecule has 2 aliphatic heterocycles. The molecule has 0 bridgehead atoms. The molecule has 7 aromatic rings. The lowest BCUT2D eigenvalue weighted by molar-refractivity contribution is 0.459. The first kappa shape index (κ1) is 28.0. The van der Waals surface area contributed by atoms with Gasteiger partial charge in [0.15, 0.2) is 0 Å². The maximum Gasteiger partial charge on any atom is 0.260 e. The third-order valence-electron chi connectivity index (χ3n) is 10.6. The number of hydrogen-bond acceptors (Lipinski definition) is 2. The molecule has 0 saturated carbocycles. The second kappa shape index (κ2) is 9.89. The van der Waals surface area contributed by atoms with Gasteiger partial charge in [0, 0.05) is 21.9 Å². The molecule has 0 saturated heterocycles. The van der Waals surface area contributed by atoms with Crippen molar-refractivity contribution in [3.63, 3.8) is 0 Å². The monoisotopic (exact) mass is 609 g/mol. The Kier molecular flexibility index (Phi) is 5.90. The van der Waals surface area contributed by atoms with Crippen LogP contribution in [0.4, 0.5) is 0 Å². The van der Waals surface area contributed by atoms with E-state index in [-0.39, 0.29) is 6.71 Å². The van der Waals surface area contributed by atoms with Gasteiger partial charge in [0.1, 0.15) is 23.0 Å². The van der Waals surface area contributed by atoms with Gasteiger partial charge in [-0.25, -0.2) is 0 Å². The summed E-state index contributed by atoms with van der Waals surface area (Å²) in [6.07, 6.45) is 0. The number of nitrogens with zero attached hydrogens (tertiary/aromatic N) is 1. The van der Waals surface area contributed by atoms with Crippen molar-refractivity contribution >= 4 is 44.9 Å². The Morgan fingerprint density at radius 1 is 0.468 bits per heavy atom. The summed E-state index contributed by atoms with van der Waals surface area (Å²) >= 11 is 0. The van der Waals surface area contributed by atoms with Crippen molar-refractivity contribution < 1.29 is 9.47 Å². The summed E-state index contributed by atoms with van der Waals surface area (Å²) in [5.41, 5.74) is 18.3. The normalized spacial score (nSPS) is 12.9. The zero-order chi connectivity index (χ0) is 32.3. The van der Waals surface area contributed by atoms with Crippen molar-refractivity contribution in [2.45, 2.75) is 48.5 Å². The van der Waals surface area contributed by atoms with Crippen LogP contribution >= 0.6 is 0 Å². The minimum absolute atomic E-state index is 0.0434. The predicted molar refractivity (Wildman–Crippen MR) is 197 cm³/mol. The highest BCUT2D eigenvalue weighted by Gasteiger charge is 2.41. The smallest absolute Gasteiger partial charge is 0.260 e.